The van der Waals surface area contributed by atoms with Gasteiger partial charge in [-0.05, 0) is 52.4 Å². The molecule has 2 aromatic rings. The quantitative estimate of drug-likeness (QED) is 0.783. The van der Waals surface area contributed by atoms with Crippen LogP contribution in [0.25, 0.3) is 11.0 Å². The van der Waals surface area contributed by atoms with Gasteiger partial charge in [-0.15, -0.1) is 12.4 Å². The van der Waals surface area contributed by atoms with Gasteiger partial charge in [0.25, 0.3) is 0 Å². The zero-order valence-electron chi connectivity index (χ0n) is 17.0. The van der Waals surface area contributed by atoms with Gasteiger partial charge in [0, 0.05) is 43.4 Å². The molecule has 1 aromatic heterocycles. The van der Waals surface area contributed by atoms with Crippen LogP contribution in [0.3, 0.4) is 0 Å². The number of aromatic amines is 1. The summed E-state index contributed by atoms with van der Waals surface area (Å²) in [5.74, 6) is -1.86. The Morgan fingerprint density at radius 2 is 1.76 bits per heavy atom. The Morgan fingerprint density at radius 3 is 2.38 bits per heavy atom. The topological polar surface area (TPSA) is 50.3 Å². The van der Waals surface area contributed by atoms with Crippen LogP contribution in [0.1, 0.15) is 58.4 Å². The van der Waals surface area contributed by atoms with Crippen LogP contribution in [0.15, 0.2) is 16.9 Å². The summed E-state index contributed by atoms with van der Waals surface area (Å²) in [6.45, 7) is 6.97. The standard InChI is InChI=1S/C21H29F2N3O2.ClH/c1-3-28-15-4-8-21(2,9-5-15)25-10-6-14(7-11-25)26-19-13-17(23)16(22)12-18(19)24-20(26)27;/h12-15H,3-11H2,1-2H3,(H,24,27);1H. The van der Waals surface area contributed by atoms with E-state index in [2.05, 4.69) is 16.8 Å². The lowest BCUT2D eigenvalue weighted by Crippen LogP contribution is -2.53. The first-order valence-electron chi connectivity index (χ1n) is 10.4. The van der Waals surface area contributed by atoms with Crippen molar-refractivity contribution in [1.82, 2.24) is 14.5 Å². The Balaban J connectivity index is 0.00000240. The van der Waals surface area contributed by atoms with E-state index in [9.17, 15) is 13.6 Å². The molecule has 1 saturated carbocycles. The van der Waals surface area contributed by atoms with Crippen LogP contribution in [0.4, 0.5) is 8.78 Å². The van der Waals surface area contributed by atoms with Gasteiger partial charge in [-0.25, -0.2) is 13.6 Å². The van der Waals surface area contributed by atoms with Crippen molar-refractivity contribution < 1.29 is 13.5 Å². The number of ether oxygens (including phenoxy) is 1. The molecule has 1 aromatic carbocycles. The minimum Gasteiger partial charge on any atom is -0.379 e. The summed E-state index contributed by atoms with van der Waals surface area (Å²) in [5.41, 5.74) is 0.694. The predicted molar refractivity (Wildman–Crippen MR) is 112 cm³/mol. The van der Waals surface area contributed by atoms with Crippen LogP contribution in [0.5, 0.6) is 0 Å². The van der Waals surface area contributed by atoms with E-state index in [0.29, 0.717) is 17.1 Å². The Hall–Kier alpha value is -1.44. The van der Waals surface area contributed by atoms with Crippen molar-refractivity contribution in [2.24, 2.45) is 0 Å². The minimum atomic E-state index is -0.939. The van der Waals surface area contributed by atoms with E-state index in [0.717, 1.165) is 70.4 Å². The highest BCUT2D eigenvalue weighted by molar-refractivity contribution is 5.85. The van der Waals surface area contributed by atoms with Crippen molar-refractivity contribution in [1.29, 1.82) is 0 Å². The molecule has 0 radical (unpaired) electrons. The van der Waals surface area contributed by atoms with Gasteiger partial charge in [0.2, 0.25) is 0 Å². The summed E-state index contributed by atoms with van der Waals surface area (Å²) in [4.78, 5) is 17.7. The van der Waals surface area contributed by atoms with Crippen LogP contribution in [0.2, 0.25) is 0 Å². The maximum atomic E-state index is 13.7. The second-order valence-corrected chi connectivity index (χ2v) is 8.45. The zero-order valence-corrected chi connectivity index (χ0v) is 17.9. The van der Waals surface area contributed by atoms with Crippen LogP contribution < -0.4 is 5.69 Å². The highest BCUT2D eigenvalue weighted by atomic mass is 35.5. The maximum Gasteiger partial charge on any atom is 0.326 e. The lowest BCUT2D eigenvalue weighted by Gasteiger charge is -2.48. The zero-order chi connectivity index (χ0) is 19.9. The van der Waals surface area contributed by atoms with Gasteiger partial charge in [0.1, 0.15) is 0 Å². The number of piperidine rings is 1. The van der Waals surface area contributed by atoms with Crippen LogP contribution >= 0.6 is 12.4 Å². The molecule has 4 rings (SSSR count). The number of nitrogens with zero attached hydrogens (tertiary/aromatic N) is 2. The second kappa shape index (κ2) is 8.74. The van der Waals surface area contributed by atoms with Crippen molar-refractivity contribution in [3.63, 3.8) is 0 Å². The number of hydrogen-bond donors (Lipinski definition) is 1. The first-order valence-corrected chi connectivity index (χ1v) is 10.4. The number of fused-ring (bicyclic) bond motifs is 1. The van der Waals surface area contributed by atoms with E-state index in [-0.39, 0.29) is 29.7 Å². The number of aromatic nitrogens is 2. The van der Waals surface area contributed by atoms with E-state index in [1.54, 1.807) is 4.57 Å². The molecular formula is C21H30ClF2N3O2. The Labute approximate surface area is 175 Å². The van der Waals surface area contributed by atoms with Gasteiger partial charge < -0.3 is 9.72 Å². The molecule has 1 saturated heterocycles. The van der Waals surface area contributed by atoms with Crippen molar-refractivity contribution in [2.45, 2.75) is 70.1 Å². The number of hydrogen-bond acceptors (Lipinski definition) is 3. The molecule has 162 valence electrons. The summed E-state index contributed by atoms with van der Waals surface area (Å²) in [7, 11) is 0. The smallest absolute Gasteiger partial charge is 0.326 e. The number of nitrogens with one attached hydrogen (secondary N) is 1. The molecule has 0 bridgehead atoms. The summed E-state index contributed by atoms with van der Waals surface area (Å²) in [6.07, 6.45) is 6.48. The Kier molecular flexibility index (Phi) is 6.70. The van der Waals surface area contributed by atoms with E-state index in [1.165, 1.54) is 0 Å². The second-order valence-electron chi connectivity index (χ2n) is 8.45. The molecule has 2 aliphatic rings. The number of H-pyrrole nitrogens is 1. The molecule has 1 N–H and O–H groups in total. The highest BCUT2D eigenvalue weighted by Crippen LogP contribution is 2.38. The fourth-order valence-corrected chi connectivity index (χ4v) is 5.08. The molecule has 0 unspecified atom stereocenters. The van der Waals surface area contributed by atoms with Crippen molar-refractivity contribution >= 4 is 23.4 Å². The molecule has 2 fully saturated rings. The van der Waals surface area contributed by atoms with Gasteiger partial charge in [0.05, 0.1) is 17.1 Å². The number of likely N-dealkylation sites (tertiary alicyclic amines) is 1. The average Bonchev–Trinajstić information content (AvgIpc) is 2.99. The molecule has 8 heteroatoms. The summed E-state index contributed by atoms with van der Waals surface area (Å²) in [6, 6.07) is 2.20. The number of halogens is 3. The Bertz CT molecular complexity index is 897. The SMILES string of the molecule is CCOC1CCC(C)(N2CCC(n3c(=O)[nH]c4cc(F)c(F)cc43)CC2)CC1.Cl. The number of imidazole rings is 1. The minimum absolute atomic E-state index is 0. The summed E-state index contributed by atoms with van der Waals surface area (Å²) in [5, 5.41) is 0. The fraction of sp³-hybridized carbons (Fsp3) is 0.667. The lowest BCUT2D eigenvalue weighted by atomic mass is 9.79. The fourth-order valence-electron chi connectivity index (χ4n) is 5.08. The third kappa shape index (κ3) is 4.23. The van der Waals surface area contributed by atoms with Crippen LogP contribution in [-0.4, -0.2) is 45.8 Å². The largest absolute Gasteiger partial charge is 0.379 e. The van der Waals surface area contributed by atoms with Crippen LogP contribution in [-0.2, 0) is 4.74 Å². The first-order chi connectivity index (χ1) is 13.4. The summed E-state index contributed by atoms with van der Waals surface area (Å²) < 4.78 is 34.6. The lowest BCUT2D eigenvalue weighted by molar-refractivity contribution is -0.0273. The predicted octanol–water partition coefficient (Wildman–Crippen LogP) is 4.40. The third-order valence-electron chi connectivity index (χ3n) is 6.76. The van der Waals surface area contributed by atoms with E-state index < -0.39 is 11.6 Å². The normalized spacial score (nSPS) is 26.6. The molecule has 0 spiro atoms. The van der Waals surface area contributed by atoms with Crippen molar-refractivity contribution in [2.75, 3.05) is 19.7 Å². The molecule has 1 aliphatic heterocycles. The molecule has 1 aliphatic carbocycles. The number of rotatable bonds is 4. The van der Waals surface area contributed by atoms with E-state index >= 15 is 0 Å². The molecule has 0 atom stereocenters. The van der Waals surface area contributed by atoms with Gasteiger partial charge in [0.15, 0.2) is 11.6 Å². The Morgan fingerprint density at radius 1 is 1.14 bits per heavy atom. The van der Waals surface area contributed by atoms with Gasteiger partial charge in [-0.2, -0.15) is 0 Å². The van der Waals surface area contributed by atoms with E-state index in [4.69, 9.17) is 4.74 Å². The number of benzene rings is 1. The third-order valence-corrected chi connectivity index (χ3v) is 6.76. The molecule has 29 heavy (non-hydrogen) atoms. The van der Waals surface area contributed by atoms with Gasteiger partial charge >= 0.3 is 5.69 Å². The van der Waals surface area contributed by atoms with Gasteiger partial charge in [-0.3, -0.25) is 9.47 Å². The average molecular weight is 430 g/mol. The van der Waals surface area contributed by atoms with Gasteiger partial charge in [-0.1, -0.05) is 0 Å². The van der Waals surface area contributed by atoms with Crippen LogP contribution in [0, 0.1) is 11.6 Å². The highest BCUT2D eigenvalue weighted by Gasteiger charge is 2.38. The summed E-state index contributed by atoms with van der Waals surface area (Å²) >= 11 is 0. The first kappa shape index (κ1) is 22.2. The molecular weight excluding hydrogens is 400 g/mol. The molecule has 0 amide bonds. The van der Waals surface area contributed by atoms with Crippen molar-refractivity contribution in [3.05, 3.63) is 34.3 Å². The molecule has 5 nitrogen and oxygen atoms in total. The monoisotopic (exact) mass is 429 g/mol. The molecule has 2 heterocycles. The van der Waals surface area contributed by atoms with E-state index in [1.807, 2.05) is 6.92 Å². The van der Waals surface area contributed by atoms with Crippen molar-refractivity contribution in [3.8, 4) is 0 Å². The maximum absolute atomic E-state index is 13.7.